The van der Waals surface area contributed by atoms with Crippen LogP contribution in [0.15, 0.2) is 21.7 Å². The van der Waals surface area contributed by atoms with E-state index in [1.165, 1.54) is 13.1 Å². The third-order valence-electron chi connectivity index (χ3n) is 3.48. The molecule has 2 N–H and O–H groups in total. The fraction of sp³-hybridized carbons (Fsp3) is 0.583. The summed E-state index contributed by atoms with van der Waals surface area (Å²) in [4.78, 5) is 11.8. The topological polar surface area (TPSA) is 86.7 Å². The van der Waals surface area contributed by atoms with E-state index in [0.717, 1.165) is 28.5 Å². The first-order valence-electron chi connectivity index (χ1n) is 6.27. The zero-order valence-corrected chi connectivity index (χ0v) is 12.8. The Kier molecular flexibility index (Phi) is 4.48. The Morgan fingerprint density at radius 3 is 2.75 bits per heavy atom. The molecular formula is C12H18N2O4S2. The van der Waals surface area contributed by atoms with Crippen molar-refractivity contribution in [1.82, 2.24) is 9.62 Å². The summed E-state index contributed by atoms with van der Waals surface area (Å²) in [6, 6.07) is 3.17. The number of likely N-dealkylation sites (N-methyl/N-ethyl adjacent to an activating group) is 1. The average molecular weight is 318 g/mol. The van der Waals surface area contributed by atoms with E-state index >= 15 is 0 Å². The normalized spacial score (nSPS) is 17.1. The van der Waals surface area contributed by atoms with Crippen LogP contribution in [0.2, 0.25) is 0 Å². The lowest BCUT2D eigenvalue weighted by atomic mass is 10.1. The fourth-order valence-corrected chi connectivity index (χ4v) is 4.09. The molecule has 2 rings (SSSR count). The molecule has 8 heteroatoms. The molecule has 1 fully saturated rings. The second-order valence-electron chi connectivity index (χ2n) is 5.13. The number of thiophene rings is 1. The van der Waals surface area contributed by atoms with E-state index in [-0.39, 0.29) is 28.7 Å². The molecule has 6 nitrogen and oxygen atoms in total. The molecule has 0 atom stereocenters. The quantitative estimate of drug-likeness (QED) is 0.755. The van der Waals surface area contributed by atoms with Crippen LogP contribution in [0.1, 0.15) is 12.8 Å². The zero-order chi connectivity index (χ0) is 14.8. The number of nitrogens with zero attached hydrogens (tertiary/aromatic N) is 1. The lowest BCUT2D eigenvalue weighted by Crippen LogP contribution is -2.40. The van der Waals surface area contributed by atoms with Crippen molar-refractivity contribution >= 4 is 27.3 Å². The lowest BCUT2D eigenvalue weighted by Gasteiger charge is -2.17. The number of amides is 1. The second-order valence-corrected chi connectivity index (χ2v) is 8.35. The van der Waals surface area contributed by atoms with Gasteiger partial charge in [0.15, 0.2) is 0 Å². The van der Waals surface area contributed by atoms with E-state index in [0.29, 0.717) is 6.54 Å². The SMILES string of the molecule is CN(CC(=O)NCC1(CO)CC1)S(=O)(=O)c1cccs1. The molecule has 0 spiro atoms. The Morgan fingerprint density at radius 1 is 1.55 bits per heavy atom. The molecule has 1 saturated carbocycles. The summed E-state index contributed by atoms with van der Waals surface area (Å²) in [6.07, 6.45) is 1.79. The van der Waals surface area contributed by atoms with Crippen molar-refractivity contribution in [2.75, 3.05) is 26.7 Å². The highest BCUT2D eigenvalue weighted by Gasteiger charge is 2.42. The Labute approximate surface area is 122 Å². The molecule has 1 heterocycles. The van der Waals surface area contributed by atoms with Crippen LogP contribution < -0.4 is 5.32 Å². The van der Waals surface area contributed by atoms with Crippen molar-refractivity contribution in [3.63, 3.8) is 0 Å². The summed E-state index contributed by atoms with van der Waals surface area (Å²) >= 11 is 1.12. The van der Waals surface area contributed by atoms with Gasteiger partial charge in [-0.1, -0.05) is 6.07 Å². The van der Waals surface area contributed by atoms with Crippen molar-refractivity contribution in [3.8, 4) is 0 Å². The first-order valence-corrected chi connectivity index (χ1v) is 8.59. The predicted molar refractivity (Wildman–Crippen MR) is 75.9 cm³/mol. The molecule has 1 aliphatic rings. The monoisotopic (exact) mass is 318 g/mol. The van der Waals surface area contributed by atoms with Gasteiger partial charge in [-0.3, -0.25) is 4.79 Å². The number of nitrogens with one attached hydrogen (secondary N) is 1. The van der Waals surface area contributed by atoms with Crippen LogP contribution in [0.3, 0.4) is 0 Å². The lowest BCUT2D eigenvalue weighted by molar-refractivity contribution is -0.121. The van der Waals surface area contributed by atoms with Gasteiger partial charge in [0, 0.05) is 19.0 Å². The second kappa shape index (κ2) is 5.80. The van der Waals surface area contributed by atoms with Crippen LogP contribution in [-0.4, -0.2) is 50.5 Å². The van der Waals surface area contributed by atoms with Crippen molar-refractivity contribution in [3.05, 3.63) is 17.5 Å². The Bertz CT molecular complexity index is 564. The highest BCUT2D eigenvalue weighted by molar-refractivity contribution is 7.91. The summed E-state index contributed by atoms with van der Waals surface area (Å²) in [5.41, 5.74) is -0.180. The van der Waals surface area contributed by atoms with E-state index in [1.807, 2.05) is 0 Å². The summed E-state index contributed by atoms with van der Waals surface area (Å²) in [5, 5.41) is 13.5. The molecule has 112 valence electrons. The van der Waals surface area contributed by atoms with Gasteiger partial charge >= 0.3 is 0 Å². The minimum Gasteiger partial charge on any atom is -0.396 e. The number of hydrogen-bond donors (Lipinski definition) is 2. The van der Waals surface area contributed by atoms with Gasteiger partial charge in [-0.25, -0.2) is 8.42 Å². The third-order valence-corrected chi connectivity index (χ3v) is 6.66. The highest BCUT2D eigenvalue weighted by Crippen LogP contribution is 2.44. The smallest absolute Gasteiger partial charge is 0.252 e. The highest BCUT2D eigenvalue weighted by atomic mass is 32.2. The van der Waals surface area contributed by atoms with Crippen LogP contribution in [-0.2, 0) is 14.8 Å². The molecule has 0 unspecified atom stereocenters. The maximum atomic E-state index is 12.1. The summed E-state index contributed by atoms with van der Waals surface area (Å²) < 4.78 is 25.5. The molecule has 1 aromatic heterocycles. The van der Waals surface area contributed by atoms with E-state index in [1.54, 1.807) is 11.4 Å². The van der Waals surface area contributed by atoms with Gasteiger partial charge in [0.1, 0.15) is 4.21 Å². The van der Waals surface area contributed by atoms with Crippen molar-refractivity contribution in [2.45, 2.75) is 17.1 Å². The Balaban J connectivity index is 1.88. The largest absolute Gasteiger partial charge is 0.396 e. The van der Waals surface area contributed by atoms with E-state index in [9.17, 15) is 13.2 Å². The molecule has 20 heavy (non-hydrogen) atoms. The van der Waals surface area contributed by atoms with Gasteiger partial charge in [0.2, 0.25) is 5.91 Å². The number of aliphatic hydroxyl groups excluding tert-OH is 1. The maximum absolute atomic E-state index is 12.1. The fourth-order valence-electron chi connectivity index (χ4n) is 1.76. The minimum atomic E-state index is -3.59. The van der Waals surface area contributed by atoms with Crippen LogP contribution >= 0.6 is 11.3 Å². The first-order chi connectivity index (χ1) is 9.39. The molecule has 0 aromatic carbocycles. The molecule has 0 bridgehead atoms. The van der Waals surface area contributed by atoms with Crippen LogP contribution in [0.5, 0.6) is 0 Å². The number of rotatable bonds is 7. The van der Waals surface area contributed by atoms with Crippen molar-refractivity contribution in [1.29, 1.82) is 0 Å². The molecule has 0 saturated heterocycles. The van der Waals surface area contributed by atoms with Gasteiger partial charge in [0.05, 0.1) is 13.2 Å². The van der Waals surface area contributed by atoms with E-state index < -0.39 is 10.0 Å². The summed E-state index contributed by atoms with van der Waals surface area (Å²) in [7, 11) is -2.21. The number of carbonyl (C=O) groups is 1. The number of sulfonamides is 1. The van der Waals surface area contributed by atoms with Crippen LogP contribution in [0.25, 0.3) is 0 Å². The molecular weight excluding hydrogens is 300 g/mol. The summed E-state index contributed by atoms with van der Waals surface area (Å²) in [5.74, 6) is -0.354. The Hall–Kier alpha value is -0.960. The van der Waals surface area contributed by atoms with Gasteiger partial charge in [-0.15, -0.1) is 11.3 Å². The van der Waals surface area contributed by atoms with Gasteiger partial charge in [0.25, 0.3) is 10.0 Å². The summed E-state index contributed by atoms with van der Waals surface area (Å²) in [6.45, 7) is 0.230. The van der Waals surface area contributed by atoms with Gasteiger partial charge < -0.3 is 10.4 Å². The van der Waals surface area contributed by atoms with E-state index in [4.69, 9.17) is 5.11 Å². The van der Waals surface area contributed by atoms with Crippen molar-refractivity contribution in [2.24, 2.45) is 5.41 Å². The van der Waals surface area contributed by atoms with Gasteiger partial charge in [-0.05, 0) is 24.3 Å². The maximum Gasteiger partial charge on any atom is 0.252 e. The molecule has 1 aromatic rings. The van der Waals surface area contributed by atoms with Crippen LogP contribution in [0, 0.1) is 5.41 Å². The molecule has 0 radical (unpaired) electrons. The predicted octanol–water partition coefficient (Wildman–Crippen LogP) is 0.257. The molecule has 0 aliphatic heterocycles. The number of carbonyl (C=O) groups excluding carboxylic acids is 1. The first kappa shape index (κ1) is 15.4. The zero-order valence-electron chi connectivity index (χ0n) is 11.2. The standard InChI is InChI=1S/C12H18N2O4S2/c1-14(20(17,18)11-3-2-6-19-11)7-10(16)13-8-12(9-15)4-5-12/h2-3,6,15H,4-5,7-9H2,1H3,(H,13,16). The third kappa shape index (κ3) is 3.38. The van der Waals surface area contributed by atoms with Crippen molar-refractivity contribution < 1.29 is 18.3 Å². The molecule has 1 aliphatic carbocycles. The van der Waals surface area contributed by atoms with E-state index in [2.05, 4.69) is 5.32 Å². The molecule has 1 amide bonds. The average Bonchev–Trinajstić information content (AvgIpc) is 2.97. The Morgan fingerprint density at radius 2 is 2.25 bits per heavy atom. The van der Waals surface area contributed by atoms with Gasteiger partial charge in [-0.2, -0.15) is 4.31 Å². The number of aliphatic hydroxyl groups is 1. The minimum absolute atomic E-state index is 0.0522. The van der Waals surface area contributed by atoms with Crippen LogP contribution in [0.4, 0.5) is 0 Å². The number of hydrogen-bond acceptors (Lipinski definition) is 5.